The third kappa shape index (κ3) is 17.5. The molecule has 0 saturated carbocycles. The zero-order chi connectivity index (χ0) is 16.3. The summed E-state index contributed by atoms with van der Waals surface area (Å²) in [6, 6.07) is 0. The minimum Gasteiger partial charge on any atom is -0.389 e. The molecule has 0 aliphatic heterocycles. The Balaban J connectivity index is 3.34. The van der Waals surface area contributed by atoms with E-state index >= 15 is 0 Å². The molecule has 0 aliphatic carbocycles. The Labute approximate surface area is 139 Å². The standard InChI is InChI=1S/C21H40O/c1-3-5-7-9-11-13-15-17-19-21(22)20-18-16-14-12-10-8-6-4-2/h11,13,17,19,21-22H,3-10,12,14-16,18,20H2,1-2H3. The highest BCUT2D eigenvalue weighted by Gasteiger charge is 1.98. The lowest BCUT2D eigenvalue weighted by Crippen LogP contribution is -2.01. The summed E-state index contributed by atoms with van der Waals surface area (Å²) in [5, 5.41) is 9.88. The van der Waals surface area contributed by atoms with Crippen molar-refractivity contribution >= 4 is 0 Å². The van der Waals surface area contributed by atoms with Crippen LogP contribution >= 0.6 is 0 Å². The highest BCUT2D eigenvalue weighted by atomic mass is 16.3. The van der Waals surface area contributed by atoms with Crippen LogP contribution < -0.4 is 0 Å². The van der Waals surface area contributed by atoms with Crippen LogP contribution in [0.2, 0.25) is 0 Å². The van der Waals surface area contributed by atoms with E-state index < -0.39 is 0 Å². The van der Waals surface area contributed by atoms with E-state index in [1.807, 2.05) is 6.08 Å². The maximum Gasteiger partial charge on any atom is 0.0721 e. The lowest BCUT2D eigenvalue weighted by molar-refractivity contribution is 0.207. The minimum absolute atomic E-state index is 0.242. The van der Waals surface area contributed by atoms with Gasteiger partial charge in [0.2, 0.25) is 0 Å². The predicted octanol–water partition coefficient (Wildman–Crippen LogP) is 6.96. The molecule has 0 aromatic carbocycles. The van der Waals surface area contributed by atoms with Crippen LogP contribution in [0, 0.1) is 0 Å². The highest BCUT2D eigenvalue weighted by Crippen LogP contribution is 2.11. The van der Waals surface area contributed by atoms with Gasteiger partial charge in [0.05, 0.1) is 6.10 Å². The number of aliphatic hydroxyl groups excluding tert-OH is 1. The Morgan fingerprint density at radius 3 is 1.95 bits per heavy atom. The third-order valence-electron chi connectivity index (χ3n) is 4.12. The summed E-state index contributed by atoms with van der Waals surface area (Å²) in [5.41, 5.74) is 0. The van der Waals surface area contributed by atoms with Crippen molar-refractivity contribution in [2.75, 3.05) is 0 Å². The molecule has 1 atom stereocenters. The van der Waals surface area contributed by atoms with E-state index in [1.165, 1.54) is 70.6 Å². The predicted molar refractivity (Wildman–Crippen MR) is 100 cm³/mol. The van der Waals surface area contributed by atoms with Crippen LogP contribution in [-0.4, -0.2) is 11.2 Å². The van der Waals surface area contributed by atoms with Crippen LogP contribution in [0.4, 0.5) is 0 Å². The Morgan fingerprint density at radius 2 is 1.27 bits per heavy atom. The van der Waals surface area contributed by atoms with Gasteiger partial charge in [0.25, 0.3) is 0 Å². The first-order valence-corrected chi connectivity index (χ1v) is 9.81. The highest BCUT2D eigenvalue weighted by molar-refractivity contribution is 4.95. The van der Waals surface area contributed by atoms with Crippen LogP contribution in [0.25, 0.3) is 0 Å². The molecular weight excluding hydrogens is 268 g/mol. The molecule has 1 nitrogen and oxygen atoms in total. The van der Waals surface area contributed by atoms with Crippen LogP contribution in [-0.2, 0) is 0 Å². The van der Waals surface area contributed by atoms with Crippen LogP contribution in [0.3, 0.4) is 0 Å². The van der Waals surface area contributed by atoms with Crippen molar-refractivity contribution in [3.63, 3.8) is 0 Å². The number of hydrogen-bond acceptors (Lipinski definition) is 1. The van der Waals surface area contributed by atoms with Gasteiger partial charge in [-0.2, -0.15) is 0 Å². The molecule has 0 fully saturated rings. The smallest absolute Gasteiger partial charge is 0.0721 e. The van der Waals surface area contributed by atoms with E-state index in [0.717, 1.165) is 19.3 Å². The van der Waals surface area contributed by atoms with Crippen molar-refractivity contribution in [3.05, 3.63) is 24.3 Å². The van der Waals surface area contributed by atoms with Crippen molar-refractivity contribution in [2.24, 2.45) is 0 Å². The molecule has 1 N–H and O–H groups in total. The Morgan fingerprint density at radius 1 is 0.682 bits per heavy atom. The summed E-state index contributed by atoms with van der Waals surface area (Å²) in [6.45, 7) is 4.50. The SMILES string of the molecule is CCCCCC=CCC=CC(O)CCCCCCCCCC. The number of unbranched alkanes of at least 4 members (excludes halogenated alkanes) is 10. The summed E-state index contributed by atoms with van der Waals surface area (Å²) in [7, 11) is 0. The first-order chi connectivity index (χ1) is 10.8. The quantitative estimate of drug-likeness (QED) is 0.241. The molecule has 0 aromatic rings. The molecule has 1 unspecified atom stereocenters. The number of rotatable bonds is 16. The average molecular weight is 309 g/mol. The zero-order valence-electron chi connectivity index (χ0n) is 15.2. The van der Waals surface area contributed by atoms with Crippen LogP contribution in [0.5, 0.6) is 0 Å². The van der Waals surface area contributed by atoms with Gasteiger partial charge in [0, 0.05) is 0 Å². The van der Waals surface area contributed by atoms with Gasteiger partial charge in [-0.1, -0.05) is 102 Å². The normalized spacial score (nSPS) is 13.4. The fraction of sp³-hybridized carbons (Fsp3) is 0.810. The van der Waals surface area contributed by atoms with E-state index in [1.54, 1.807) is 0 Å². The Kier molecular flexibility index (Phi) is 18.0. The molecule has 0 spiro atoms. The fourth-order valence-electron chi connectivity index (χ4n) is 2.62. The number of aliphatic hydroxyl groups is 1. The summed E-state index contributed by atoms with van der Waals surface area (Å²) in [5.74, 6) is 0. The van der Waals surface area contributed by atoms with E-state index in [0.29, 0.717) is 0 Å². The summed E-state index contributed by atoms with van der Waals surface area (Å²) in [4.78, 5) is 0. The monoisotopic (exact) mass is 308 g/mol. The van der Waals surface area contributed by atoms with E-state index in [-0.39, 0.29) is 6.10 Å². The molecule has 0 amide bonds. The lowest BCUT2D eigenvalue weighted by atomic mass is 10.1. The Bertz CT molecular complexity index is 255. The fourth-order valence-corrected chi connectivity index (χ4v) is 2.62. The molecule has 22 heavy (non-hydrogen) atoms. The third-order valence-corrected chi connectivity index (χ3v) is 4.12. The second kappa shape index (κ2) is 18.5. The minimum atomic E-state index is -0.242. The molecule has 0 saturated heterocycles. The summed E-state index contributed by atoms with van der Waals surface area (Å²) < 4.78 is 0. The zero-order valence-corrected chi connectivity index (χ0v) is 15.2. The summed E-state index contributed by atoms with van der Waals surface area (Å²) in [6.07, 6.45) is 26.0. The average Bonchev–Trinajstić information content (AvgIpc) is 2.52. The van der Waals surface area contributed by atoms with Crippen molar-refractivity contribution in [1.29, 1.82) is 0 Å². The van der Waals surface area contributed by atoms with Gasteiger partial charge in [0.15, 0.2) is 0 Å². The maximum atomic E-state index is 9.88. The molecule has 0 aliphatic rings. The second-order valence-corrected chi connectivity index (χ2v) is 6.46. The molecule has 1 heteroatoms. The second-order valence-electron chi connectivity index (χ2n) is 6.46. The van der Waals surface area contributed by atoms with Gasteiger partial charge in [-0.25, -0.2) is 0 Å². The Hall–Kier alpha value is -0.560. The van der Waals surface area contributed by atoms with Gasteiger partial charge >= 0.3 is 0 Å². The van der Waals surface area contributed by atoms with Crippen molar-refractivity contribution < 1.29 is 5.11 Å². The van der Waals surface area contributed by atoms with Crippen molar-refractivity contribution in [2.45, 2.75) is 110 Å². The van der Waals surface area contributed by atoms with Gasteiger partial charge in [-0.15, -0.1) is 0 Å². The van der Waals surface area contributed by atoms with Crippen molar-refractivity contribution in [3.8, 4) is 0 Å². The summed E-state index contributed by atoms with van der Waals surface area (Å²) >= 11 is 0. The molecule has 0 aromatic heterocycles. The topological polar surface area (TPSA) is 20.2 Å². The molecule has 0 heterocycles. The van der Waals surface area contributed by atoms with Crippen LogP contribution in [0.15, 0.2) is 24.3 Å². The first kappa shape index (κ1) is 21.4. The van der Waals surface area contributed by atoms with Crippen molar-refractivity contribution in [1.82, 2.24) is 0 Å². The van der Waals surface area contributed by atoms with Crippen LogP contribution in [0.1, 0.15) is 104 Å². The molecule has 130 valence electrons. The molecule has 0 bridgehead atoms. The molecule has 0 radical (unpaired) electrons. The molecule has 0 rings (SSSR count). The van der Waals surface area contributed by atoms with Gasteiger partial charge in [-0.3, -0.25) is 0 Å². The van der Waals surface area contributed by atoms with E-state index in [4.69, 9.17) is 0 Å². The van der Waals surface area contributed by atoms with E-state index in [9.17, 15) is 5.11 Å². The van der Waals surface area contributed by atoms with Gasteiger partial charge < -0.3 is 5.11 Å². The lowest BCUT2D eigenvalue weighted by Gasteiger charge is -2.05. The van der Waals surface area contributed by atoms with Gasteiger partial charge in [-0.05, 0) is 25.7 Å². The number of allylic oxidation sites excluding steroid dienone is 3. The first-order valence-electron chi connectivity index (χ1n) is 9.81. The number of hydrogen-bond donors (Lipinski definition) is 1. The van der Waals surface area contributed by atoms with E-state index in [2.05, 4.69) is 32.1 Å². The molecular formula is C21H40O. The largest absolute Gasteiger partial charge is 0.389 e. The maximum absolute atomic E-state index is 9.88. The van der Waals surface area contributed by atoms with Gasteiger partial charge in [0.1, 0.15) is 0 Å².